The van der Waals surface area contributed by atoms with Gasteiger partial charge in [-0.2, -0.15) is 0 Å². The zero-order valence-electron chi connectivity index (χ0n) is 17.1. The predicted octanol–water partition coefficient (Wildman–Crippen LogP) is 4.56. The van der Waals surface area contributed by atoms with E-state index in [1.165, 1.54) is 19.1 Å². The van der Waals surface area contributed by atoms with Gasteiger partial charge in [0.2, 0.25) is 0 Å². The molecule has 8 nitrogen and oxygen atoms in total. The minimum absolute atomic E-state index is 0.00929. The monoisotopic (exact) mass is 799 g/mol. The molecule has 0 atom stereocenters. The molecule has 0 unspecified atom stereocenters. The van der Waals surface area contributed by atoms with Crippen LogP contribution >= 0.6 is 67.8 Å². The zero-order valence-corrected chi connectivity index (χ0v) is 24.4. The van der Waals surface area contributed by atoms with Crippen molar-refractivity contribution in [2.24, 2.45) is 0 Å². The molecule has 0 saturated carbocycles. The molecule has 0 amide bonds. The minimum atomic E-state index is -4.69. The lowest BCUT2D eigenvalue weighted by molar-refractivity contribution is 0.0263. The largest absolute Gasteiger partial charge is 0.744 e. The Morgan fingerprint density at radius 1 is 1.03 bits per heavy atom. The topological polar surface area (TPSA) is 130 Å². The first-order valence-corrected chi connectivity index (χ1v) is 13.7. The van der Waals surface area contributed by atoms with E-state index in [1.807, 2.05) is 67.8 Å². The Balaban J connectivity index is 2.09. The van der Waals surface area contributed by atoms with Crippen LogP contribution in [0.3, 0.4) is 0 Å². The molecular weight excluding hydrogens is 781 g/mol. The van der Waals surface area contributed by atoms with Crippen molar-refractivity contribution in [3.63, 3.8) is 0 Å². The normalized spacial score (nSPS) is 11.5. The molecule has 0 heterocycles. The van der Waals surface area contributed by atoms with Gasteiger partial charge in [-0.3, -0.25) is 0 Å². The summed E-state index contributed by atoms with van der Waals surface area (Å²) in [6, 6.07) is 4.16. The fourth-order valence-corrected chi connectivity index (χ4v) is 7.49. The lowest BCUT2D eigenvalue weighted by Crippen LogP contribution is -2.17. The Kier molecular flexibility index (Phi) is 9.58. The summed E-state index contributed by atoms with van der Waals surface area (Å²) in [4.78, 5) is 24.5. The maximum Gasteiger partial charge on any atom is 0.340 e. The van der Waals surface area contributed by atoms with Crippen molar-refractivity contribution >= 4 is 89.8 Å². The van der Waals surface area contributed by atoms with E-state index < -0.39 is 22.1 Å². The first-order chi connectivity index (χ1) is 14.8. The minimum Gasteiger partial charge on any atom is -0.744 e. The number of phenols is 1. The fraction of sp³-hybridized carbons (Fsp3) is 0.300. The van der Waals surface area contributed by atoms with Gasteiger partial charge in [-0.1, -0.05) is 13.8 Å². The number of rotatable bonds is 7. The molecule has 0 radical (unpaired) electrons. The van der Waals surface area contributed by atoms with Gasteiger partial charge in [0.25, 0.3) is 0 Å². The average Bonchev–Trinajstić information content (AvgIpc) is 2.68. The van der Waals surface area contributed by atoms with Gasteiger partial charge in [0.1, 0.15) is 29.1 Å². The van der Waals surface area contributed by atoms with Gasteiger partial charge in [0.05, 0.1) is 23.2 Å². The van der Waals surface area contributed by atoms with Crippen LogP contribution in [0.5, 0.6) is 5.75 Å². The summed E-state index contributed by atoms with van der Waals surface area (Å²) < 4.78 is 46.5. The summed E-state index contributed by atoms with van der Waals surface area (Å²) in [5.74, 6) is -1.71. The molecule has 0 aliphatic carbocycles. The number of hydrogen-bond acceptors (Lipinski definition) is 8. The van der Waals surface area contributed by atoms with E-state index in [0.29, 0.717) is 10.7 Å². The number of carbonyl (C=O) groups excluding carboxylic acids is 2. The second kappa shape index (κ2) is 11.1. The standard InChI is InChI=1S/C20H19I3O8S/c1-9(2)11-7-12(10(3)6-15(11)32(27,28)29)19(25)30-4-5-31-20(26)16-13(21)8-14(22)18(24)17(16)23/h6-9,24H,4-5H2,1-3H3,(H,27,28,29)/p-1. The summed E-state index contributed by atoms with van der Waals surface area (Å²) in [6.45, 7) is 4.47. The molecule has 0 aliphatic heterocycles. The van der Waals surface area contributed by atoms with Crippen LogP contribution in [0.4, 0.5) is 0 Å². The van der Waals surface area contributed by atoms with Gasteiger partial charge in [0, 0.05) is 3.57 Å². The molecule has 2 rings (SSSR count). The van der Waals surface area contributed by atoms with Crippen molar-refractivity contribution in [2.75, 3.05) is 13.2 Å². The number of phenolic OH excluding ortho intramolecular Hbond substituents is 1. The van der Waals surface area contributed by atoms with Gasteiger partial charge < -0.3 is 19.1 Å². The highest BCUT2D eigenvalue weighted by atomic mass is 127. The highest BCUT2D eigenvalue weighted by Gasteiger charge is 2.22. The van der Waals surface area contributed by atoms with Crippen LogP contribution in [0.2, 0.25) is 0 Å². The van der Waals surface area contributed by atoms with Crippen molar-refractivity contribution < 1.29 is 37.1 Å². The van der Waals surface area contributed by atoms with E-state index in [2.05, 4.69) is 0 Å². The maximum atomic E-state index is 12.5. The predicted molar refractivity (Wildman–Crippen MR) is 140 cm³/mol. The van der Waals surface area contributed by atoms with Crippen LogP contribution in [-0.4, -0.2) is 43.2 Å². The molecular formula is C20H18I3O8S-. The smallest absolute Gasteiger partial charge is 0.340 e. The summed E-state index contributed by atoms with van der Waals surface area (Å²) in [7, 11) is -4.69. The molecule has 2 aromatic rings. The van der Waals surface area contributed by atoms with Gasteiger partial charge in [-0.25, -0.2) is 18.0 Å². The van der Waals surface area contributed by atoms with Crippen LogP contribution in [0.15, 0.2) is 23.1 Å². The number of hydrogen-bond donors (Lipinski definition) is 1. The van der Waals surface area contributed by atoms with Gasteiger partial charge in [-0.05, 0) is 110 Å². The van der Waals surface area contributed by atoms with Crippen molar-refractivity contribution in [2.45, 2.75) is 31.6 Å². The molecule has 12 heteroatoms. The molecule has 174 valence electrons. The van der Waals surface area contributed by atoms with Crippen molar-refractivity contribution in [1.29, 1.82) is 0 Å². The third-order valence-electron chi connectivity index (χ3n) is 4.37. The number of carbonyl (C=O) groups is 2. The van der Waals surface area contributed by atoms with Gasteiger partial charge >= 0.3 is 11.9 Å². The van der Waals surface area contributed by atoms with Crippen molar-refractivity contribution in [3.8, 4) is 5.75 Å². The van der Waals surface area contributed by atoms with E-state index in [1.54, 1.807) is 19.9 Å². The Morgan fingerprint density at radius 3 is 2.12 bits per heavy atom. The van der Waals surface area contributed by atoms with Crippen LogP contribution in [-0.2, 0) is 19.6 Å². The first-order valence-electron chi connectivity index (χ1n) is 9.06. The molecule has 1 N–H and O–H groups in total. The van der Waals surface area contributed by atoms with Crippen molar-refractivity contribution in [1.82, 2.24) is 0 Å². The van der Waals surface area contributed by atoms with Crippen LogP contribution in [0.25, 0.3) is 0 Å². The molecule has 32 heavy (non-hydrogen) atoms. The SMILES string of the molecule is Cc1cc(S(=O)(=O)[O-])c(C(C)C)cc1C(=O)OCCOC(=O)c1c(I)cc(I)c(O)c1I. The summed E-state index contributed by atoms with van der Waals surface area (Å²) >= 11 is 5.79. The molecule has 2 aromatic carbocycles. The lowest BCUT2D eigenvalue weighted by atomic mass is 9.97. The third kappa shape index (κ3) is 6.44. The second-order valence-electron chi connectivity index (χ2n) is 6.96. The Labute approximate surface area is 226 Å². The van der Waals surface area contributed by atoms with Crippen LogP contribution < -0.4 is 0 Å². The van der Waals surface area contributed by atoms with Crippen LogP contribution in [0, 0.1) is 17.6 Å². The summed E-state index contributed by atoms with van der Waals surface area (Å²) in [5, 5.41) is 10.0. The Bertz CT molecular complexity index is 1180. The number of benzene rings is 2. The summed E-state index contributed by atoms with van der Waals surface area (Å²) in [6.07, 6.45) is 0. The van der Waals surface area contributed by atoms with E-state index in [9.17, 15) is 27.7 Å². The molecule has 0 aliphatic rings. The van der Waals surface area contributed by atoms with E-state index >= 15 is 0 Å². The number of ether oxygens (including phenoxy) is 2. The number of esters is 2. The van der Waals surface area contributed by atoms with E-state index in [-0.39, 0.29) is 52.0 Å². The second-order valence-corrected chi connectivity index (χ2v) is 11.7. The Hall–Kier alpha value is -0.720. The number of aromatic hydroxyl groups is 1. The molecule has 0 spiro atoms. The molecule has 0 fully saturated rings. The maximum absolute atomic E-state index is 12.5. The number of halogens is 3. The molecule has 0 bridgehead atoms. The van der Waals surface area contributed by atoms with E-state index in [4.69, 9.17) is 9.47 Å². The summed E-state index contributed by atoms with van der Waals surface area (Å²) in [5.41, 5.74) is 0.859. The highest BCUT2D eigenvalue weighted by Crippen LogP contribution is 2.33. The number of aryl methyl sites for hydroxylation is 1. The zero-order chi connectivity index (χ0) is 24.4. The van der Waals surface area contributed by atoms with Crippen LogP contribution in [0.1, 0.15) is 51.6 Å². The third-order valence-corrected chi connectivity index (χ3v) is 7.98. The Morgan fingerprint density at radius 2 is 1.59 bits per heavy atom. The highest BCUT2D eigenvalue weighted by molar-refractivity contribution is 14.1. The molecule has 0 saturated heterocycles. The van der Waals surface area contributed by atoms with E-state index in [0.717, 1.165) is 0 Å². The molecule has 0 aromatic heterocycles. The van der Waals surface area contributed by atoms with Gasteiger partial charge in [-0.15, -0.1) is 0 Å². The fourth-order valence-electron chi connectivity index (χ4n) is 2.77. The van der Waals surface area contributed by atoms with Crippen molar-refractivity contribution in [3.05, 3.63) is 51.2 Å². The lowest BCUT2D eigenvalue weighted by Gasteiger charge is -2.18. The first kappa shape index (κ1) is 27.5. The quantitative estimate of drug-likeness (QED) is 0.187. The average molecular weight is 799 g/mol. The van der Waals surface area contributed by atoms with Gasteiger partial charge in [0.15, 0.2) is 0 Å².